The number of fused-ring (bicyclic) bond motifs is 1. The molecule has 0 bridgehead atoms. The van der Waals surface area contributed by atoms with Gasteiger partial charge in [-0.2, -0.15) is 0 Å². The number of pyridine rings is 1. The number of benzene rings is 1. The summed E-state index contributed by atoms with van der Waals surface area (Å²) < 4.78 is 0. The quantitative estimate of drug-likeness (QED) is 0.848. The summed E-state index contributed by atoms with van der Waals surface area (Å²) in [5.41, 5.74) is 3.79. The molecule has 1 unspecified atom stereocenters. The van der Waals surface area contributed by atoms with E-state index in [1.165, 1.54) is 11.1 Å². The number of carbonyl (C=O) groups is 1. The predicted octanol–water partition coefficient (Wildman–Crippen LogP) is 2.53. The van der Waals surface area contributed by atoms with E-state index in [-0.39, 0.29) is 11.9 Å². The second-order valence-corrected chi connectivity index (χ2v) is 6.61. The lowest BCUT2D eigenvalue weighted by Gasteiger charge is -2.31. The molecule has 3 rings (SSSR count). The minimum Gasteiger partial charge on any atom is -0.342 e. The molecular formula is C20H25N3O. The zero-order valence-corrected chi connectivity index (χ0v) is 14.5. The molecule has 1 amide bonds. The number of likely N-dealkylation sites (N-methyl/N-ethyl adjacent to an activating group) is 1. The summed E-state index contributed by atoms with van der Waals surface area (Å²) in [5, 5.41) is 0. The van der Waals surface area contributed by atoms with Crippen molar-refractivity contribution < 1.29 is 4.79 Å². The van der Waals surface area contributed by atoms with Gasteiger partial charge in [-0.1, -0.05) is 30.3 Å². The van der Waals surface area contributed by atoms with Crippen LogP contribution < -0.4 is 0 Å². The molecular weight excluding hydrogens is 298 g/mol. The molecule has 1 aromatic carbocycles. The van der Waals surface area contributed by atoms with Crippen LogP contribution >= 0.6 is 0 Å². The van der Waals surface area contributed by atoms with Gasteiger partial charge >= 0.3 is 0 Å². The molecule has 4 nitrogen and oxygen atoms in total. The number of nitrogens with zero attached hydrogens (tertiary/aromatic N) is 3. The van der Waals surface area contributed by atoms with Gasteiger partial charge in [0.1, 0.15) is 0 Å². The van der Waals surface area contributed by atoms with E-state index in [0.29, 0.717) is 6.54 Å². The molecule has 24 heavy (non-hydrogen) atoms. The Morgan fingerprint density at radius 1 is 1.21 bits per heavy atom. The smallest absolute Gasteiger partial charge is 0.236 e. The van der Waals surface area contributed by atoms with E-state index in [1.807, 2.05) is 30.1 Å². The molecule has 1 aromatic heterocycles. The Morgan fingerprint density at radius 2 is 1.96 bits per heavy atom. The first-order chi connectivity index (χ1) is 11.6. The first-order valence-electron chi connectivity index (χ1n) is 8.58. The normalized spacial score (nSPS) is 15.6. The van der Waals surface area contributed by atoms with Gasteiger partial charge in [0.25, 0.3) is 0 Å². The van der Waals surface area contributed by atoms with Crippen molar-refractivity contribution in [2.45, 2.75) is 32.4 Å². The lowest BCUT2D eigenvalue weighted by molar-refractivity contribution is -0.133. The van der Waals surface area contributed by atoms with Crippen LogP contribution in [0.3, 0.4) is 0 Å². The second-order valence-electron chi connectivity index (χ2n) is 6.61. The number of amides is 1. The Labute approximate surface area is 144 Å². The standard InChI is InChI=1S/C20H25N3O/c1-16(13-19-9-5-6-11-21-19)22(2)20(24)15-23-12-10-17-7-3-4-8-18(17)14-23/h3-9,11,16H,10,12-15H2,1-2H3. The zero-order valence-electron chi connectivity index (χ0n) is 14.5. The van der Waals surface area contributed by atoms with Crippen LogP contribution in [0, 0.1) is 0 Å². The Balaban J connectivity index is 1.55. The van der Waals surface area contributed by atoms with Crippen molar-refractivity contribution in [2.75, 3.05) is 20.1 Å². The third-order valence-electron chi connectivity index (χ3n) is 4.85. The average molecular weight is 323 g/mol. The van der Waals surface area contributed by atoms with Crippen LogP contribution in [-0.4, -0.2) is 46.9 Å². The Morgan fingerprint density at radius 3 is 2.71 bits per heavy atom. The van der Waals surface area contributed by atoms with Gasteiger partial charge in [-0.15, -0.1) is 0 Å². The summed E-state index contributed by atoms with van der Waals surface area (Å²) in [6, 6.07) is 14.6. The lowest BCUT2D eigenvalue weighted by Crippen LogP contribution is -2.44. The van der Waals surface area contributed by atoms with E-state index in [9.17, 15) is 4.79 Å². The third kappa shape index (κ3) is 4.01. The SMILES string of the molecule is CC(Cc1ccccn1)N(C)C(=O)CN1CCc2ccccc2C1. The molecule has 1 atom stereocenters. The minimum atomic E-state index is 0.143. The van der Waals surface area contributed by atoms with Crippen molar-refractivity contribution in [2.24, 2.45) is 0 Å². The van der Waals surface area contributed by atoms with Gasteiger partial charge in [0, 0.05) is 44.5 Å². The second kappa shape index (κ2) is 7.58. The molecule has 126 valence electrons. The molecule has 4 heteroatoms. The van der Waals surface area contributed by atoms with Gasteiger partial charge in [0.05, 0.1) is 6.54 Å². The Kier molecular flexibility index (Phi) is 5.26. The zero-order chi connectivity index (χ0) is 16.9. The van der Waals surface area contributed by atoms with Crippen LogP contribution in [0.5, 0.6) is 0 Å². The molecule has 0 radical (unpaired) electrons. The fourth-order valence-electron chi connectivity index (χ4n) is 3.20. The van der Waals surface area contributed by atoms with Crippen molar-refractivity contribution in [3.05, 3.63) is 65.5 Å². The molecule has 1 aliphatic rings. The van der Waals surface area contributed by atoms with Gasteiger partial charge in [-0.25, -0.2) is 0 Å². The molecule has 2 aromatic rings. The number of aromatic nitrogens is 1. The van der Waals surface area contributed by atoms with Crippen LogP contribution in [0.15, 0.2) is 48.7 Å². The molecule has 0 spiro atoms. The van der Waals surface area contributed by atoms with Crippen molar-refractivity contribution in [1.82, 2.24) is 14.8 Å². The molecule has 0 fully saturated rings. The maximum Gasteiger partial charge on any atom is 0.236 e. The number of hydrogen-bond donors (Lipinski definition) is 0. The molecule has 0 saturated heterocycles. The van der Waals surface area contributed by atoms with Crippen molar-refractivity contribution in [3.8, 4) is 0 Å². The highest BCUT2D eigenvalue weighted by molar-refractivity contribution is 5.78. The highest BCUT2D eigenvalue weighted by atomic mass is 16.2. The van der Waals surface area contributed by atoms with E-state index in [1.54, 1.807) is 6.20 Å². The summed E-state index contributed by atoms with van der Waals surface area (Å²) in [6.07, 6.45) is 3.61. The van der Waals surface area contributed by atoms with Crippen molar-refractivity contribution in [3.63, 3.8) is 0 Å². The third-order valence-corrected chi connectivity index (χ3v) is 4.85. The highest BCUT2D eigenvalue weighted by Crippen LogP contribution is 2.18. The monoisotopic (exact) mass is 323 g/mol. The van der Waals surface area contributed by atoms with E-state index >= 15 is 0 Å². The fraction of sp³-hybridized carbons (Fsp3) is 0.400. The molecule has 0 N–H and O–H groups in total. The van der Waals surface area contributed by atoms with Gasteiger partial charge in [0.2, 0.25) is 5.91 Å². The van der Waals surface area contributed by atoms with Crippen LogP contribution in [0.1, 0.15) is 23.7 Å². The van der Waals surface area contributed by atoms with E-state index in [0.717, 1.165) is 31.6 Å². The molecule has 0 aliphatic carbocycles. The summed E-state index contributed by atoms with van der Waals surface area (Å²) in [5.74, 6) is 0.179. The first kappa shape index (κ1) is 16.7. The fourth-order valence-corrected chi connectivity index (χ4v) is 3.20. The first-order valence-corrected chi connectivity index (χ1v) is 8.58. The maximum atomic E-state index is 12.6. The number of carbonyl (C=O) groups excluding carboxylic acids is 1. The molecule has 0 saturated carbocycles. The van der Waals surface area contributed by atoms with E-state index in [2.05, 4.69) is 41.1 Å². The van der Waals surface area contributed by atoms with Gasteiger partial charge in [-0.05, 0) is 36.6 Å². The number of rotatable bonds is 5. The molecule has 1 aliphatic heterocycles. The Bertz CT molecular complexity index is 686. The predicted molar refractivity (Wildman–Crippen MR) is 95.6 cm³/mol. The van der Waals surface area contributed by atoms with E-state index < -0.39 is 0 Å². The van der Waals surface area contributed by atoms with Gasteiger partial charge in [-0.3, -0.25) is 14.7 Å². The van der Waals surface area contributed by atoms with Crippen LogP contribution in [-0.2, 0) is 24.2 Å². The van der Waals surface area contributed by atoms with Crippen molar-refractivity contribution >= 4 is 5.91 Å². The minimum absolute atomic E-state index is 0.143. The van der Waals surface area contributed by atoms with Crippen LogP contribution in [0.25, 0.3) is 0 Å². The van der Waals surface area contributed by atoms with Gasteiger partial charge < -0.3 is 4.90 Å². The molecule has 2 heterocycles. The average Bonchev–Trinajstić information content (AvgIpc) is 2.61. The van der Waals surface area contributed by atoms with Crippen LogP contribution in [0.4, 0.5) is 0 Å². The number of hydrogen-bond acceptors (Lipinski definition) is 3. The largest absolute Gasteiger partial charge is 0.342 e. The Hall–Kier alpha value is -2.20. The summed E-state index contributed by atoms with van der Waals surface area (Å²) in [4.78, 5) is 21.1. The van der Waals surface area contributed by atoms with Gasteiger partial charge in [0.15, 0.2) is 0 Å². The summed E-state index contributed by atoms with van der Waals surface area (Å²) in [6.45, 7) is 4.38. The summed E-state index contributed by atoms with van der Waals surface area (Å²) in [7, 11) is 1.90. The highest BCUT2D eigenvalue weighted by Gasteiger charge is 2.22. The van der Waals surface area contributed by atoms with Crippen molar-refractivity contribution in [1.29, 1.82) is 0 Å². The summed E-state index contributed by atoms with van der Waals surface area (Å²) >= 11 is 0. The van der Waals surface area contributed by atoms with E-state index in [4.69, 9.17) is 0 Å². The lowest BCUT2D eigenvalue weighted by atomic mass is 10.00. The maximum absolute atomic E-state index is 12.6. The van der Waals surface area contributed by atoms with Crippen LogP contribution in [0.2, 0.25) is 0 Å². The topological polar surface area (TPSA) is 36.4 Å².